The van der Waals surface area contributed by atoms with Crippen molar-refractivity contribution in [3.63, 3.8) is 0 Å². The van der Waals surface area contributed by atoms with Crippen LogP contribution < -0.4 is 72.6 Å². The summed E-state index contributed by atoms with van der Waals surface area (Å²) < 4.78 is 92.5. The van der Waals surface area contributed by atoms with Crippen LogP contribution in [0.2, 0.25) is 0 Å². The number of aromatic nitrogens is 6. The van der Waals surface area contributed by atoms with Crippen LogP contribution in [-0.2, 0) is 84.9 Å². The number of ketones is 3. The number of pyridine rings is 4. The Morgan fingerprint density at radius 1 is 0.409 bits per heavy atom. The molecule has 132 heavy (non-hydrogen) atoms. The molecule has 4 amide bonds. The molecule has 35 heteroatoms. The van der Waals surface area contributed by atoms with E-state index in [9.17, 15) is 65.8 Å². The van der Waals surface area contributed by atoms with Gasteiger partial charge in [-0.25, -0.2) is 42.5 Å². The van der Waals surface area contributed by atoms with Crippen molar-refractivity contribution in [2.45, 2.75) is 95.8 Å². The van der Waals surface area contributed by atoms with Gasteiger partial charge in [0.2, 0.25) is 29.4 Å². The Morgan fingerprint density at radius 3 is 1.22 bits per heavy atom. The monoisotopic (exact) mass is 1820 g/mol. The molecule has 678 valence electrons. The number of quaternary nitrogens is 1. The van der Waals surface area contributed by atoms with Gasteiger partial charge in [0.25, 0.3) is 0 Å². The van der Waals surface area contributed by atoms with Gasteiger partial charge in [-0.2, -0.15) is 0 Å². The van der Waals surface area contributed by atoms with Gasteiger partial charge in [0, 0.05) is 96.7 Å². The van der Waals surface area contributed by atoms with E-state index in [-0.39, 0.29) is 128 Å². The van der Waals surface area contributed by atoms with E-state index >= 15 is 0 Å². The number of aliphatic carboxylic acids is 2. The Kier molecular flexibility index (Phi) is 30.0. The lowest BCUT2D eigenvalue weighted by molar-refractivity contribution is -0.349. The van der Waals surface area contributed by atoms with Crippen LogP contribution in [0.5, 0.6) is 63.2 Å². The highest BCUT2D eigenvalue weighted by Crippen LogP contribution is 2.42. The summed E-state index contributed by atoms with van der Waals surface area (Å²) in [6, 6.07) is 45.1. The van der Waals surface area contributed by atoms with Crippen molar-refractivity contribution < 1.29 is 127 Å². The number of carbonyl (C=O) groups is 9. The molecule has 0 saturated heterocycles. The summed E-state index contributed by atoms with van der Waals surface area (Å²) in [7, 11) is 0. The van der Waals surface area contributed by atoms with Gasteiger partial charge in [-0.15, -0.1) is 0 Å². The number of imidazole rings is 1. The van der Waals surface area contributed by atoms with Gasteiger partial charge in [0.15, 0.2) is 5.78 Å². The second-order valence-corrected chi connectivity index (χ2v) is 31.4. The molecule has 20 rings (SSSR count). The fourth-order valence-corrected chi connectivity index (χ4v) is 15.4. The number of benzene rings is 7. The number of fused-ring (bicyclic) bond motifs is 8. The van der Waals surface area contributed by atoms with E-state index in [0.717, 1.165) is 68.2 Å². The number of carboxylic acid groups (broad SMARTS) is 2. The van der Waals surface area contributed by atoms with Gasteiger partial charge in [-0.05, 0) is 249 Å². The van der Waals surface area contributed by atoms with Crippen molar-refractivity contribution >= 4 is 76.2 Å². The van der Waals surface area contributed by atoms with Crippen molar-refractivity contribution in [3.8, 4) is 74.5 Å². The number of phenols is 1. The standard InChI is InChI=1S/C27H23FN2O5.C26H21FN4O3.C18H16N2O5.C10H10O4.C8H7FN2O.C8H8FNO.ClH/c28-19-3-1-16(2-4-19)22(31)7-8-23(32)18-13-17-14-20(5-9-24(17)34-15-18)35-25-11-12-29-27-21(25)6-10-26(33)30-27;27-18-3-1-15(2-4-18)21-13-29-25(30-21)17-11-16-12-19(5-7-22(16)33-14-17)34-23-9-10-28-26-20(23)6-8-24(32)31-26;21-16-4-2-13-15(5-6-19-17(13)20-16)25-12-1-3-14-10(8-12)7-11(9-24-14)18(22)23;11-8-1-2-9-6(4-8)3-7(5-14-9)10(12)13;9-6-3-4-10-8-5(6)1-2-7(12)11-8;9-7-3-1-6(2-4-7)8(11)5-10;/h1-5,9,11-12,14,18H,6-8,10,13,15H2,(H,29,30,33);1-5,7,9-10,12-13,17H,6,8,11,14H2,(H,29,30)(H,28,31,32);1,3,5-6,8,11H,2,4,7,9H2,(H,22,23)(H,19,20,21);1-2,4,7,11H,3,5H2,(H,12,13);3-4H,1-2H2,(H,10,11,12);1-4H,5,10H2;1H/t18-;17-;11-;7-;;;/m1111.../s1. The number of carboxylic acids is 2. The number of aromatic hydroxyl groups is 1. The van der Waals surface area contributed by atoms with Gasteiger partial charge in [-0.1, -0.05) is 0 Å². The van der Waals surface area contributed by atoms with Crippen LogP contribution in [0.3, 0.4) is 0 Å². The third kappa shape index (κ3) is 23.5. The molecule has 30 nitrogen and oxygen atoms in total. The average molecular weight is 1820 g/mol. The smallest absolute Gasteiger partial charge is 0.310 e. The second-order valence-electron chi connectivity index (χ2n) is 31.4. The number of Topliss-reactive ketones (excluding diaryl/α,β-unsaturated/α-hetero) is 3. The lowest BCUT2D eigenvalue weighted by atomic mass is 9.90. The minimum Gasteiger partial charge on any atom is -1.00 e. The number of phenolic OH excluding ortho intramolecular Hbond substituents is 1. The molecule has 5 aromatic heterocycles. The lowest BCUT2D eigenvalue weighted by Gasteiger charge is -2.25. The molecule has 8 aliphatic heterocycles. The second kappa shape index (κ2) is 42.6. The number of nitrogens with one attached hydrogen (secondary N) is 5. The Morgan fingerprint density at radius 2 is 0.780 bits per heavy atom. The Balaban J connectivity index is 0.000000134. The van der Waals surface area contributed by atoms with Gasteiger partial charge < -0.3 is 92.9 Å². The number of nitrogens with zero attached hydrogens (tertiary/aromatic N) is 5. The summed E-state index contributed by atoms with van der Waals surface area (Å²) in [5.41, 5.74) is 12.6. The van der Waals surface area contributed by atoms with Crippen LogP contribution in [0.15, 0.2) is 201 Å². The van der Waals surface area contributed by atoms with Crippen molar-refractivity contribution in [1.29, 1.82) is 0 Å². The van der Waals surface area contributed by atoms with E-state index in [0.29, 0.717) is 169 Å². The minimum absolute atomic E-state index is 0. The first-order valence-electron chi connectivity index (χ1n) is 42.0. The zero-order valence-corrected chi connectivity index (χ0v) is 71.3. The number of carbonyl (C=O) groups excluding carboxylic acids is 7. The third-order valence-electron chi connectivity index (χ3n) is 22.4. The summed E-state index contributed by atoms with van der Waals surface area (Å²) in [5, 5.41) is 38.0. The largest absolute Gasteiger partial charge is 1.00 e. The third-order valence-corrected chi connectivity index (χ3v) is 22.4. The molecule has 0 aliphatic carbocycles. The van der Waals surface area contributed by atoms with E-state index < -0.39 is 29.6 Å². The molecule has 0 bridgehead atoms. The van der Waals surface area contributed by atoms with Crippen LogP contribution in [0.4, 0.5) is 40.8 Å². The van der Waals surface area contributed by atoms with Crippen molar-refractivity contribution in [1.82, 2.24) is 29.9 Å². The molecular weight excluding hydrogens is 1730 g/mol. The van der Waals surface area contributed by atoms with Crippen LogP contribution in [0.25, 0.3) is 11.3 Å². The maximum atomic E-state index is 13.2. The number of amides is 4. The van der Waals surface area contributed by atoms with Gasteiger partial charge in [-0.3, -0.25) is 43.2 Å². The molecule has 12 aromatic rings. The predicted molar refractivity (Wildman–Crippen MR) is 465 cm³/mol. The van der Waals surface area contributed by atoms with E-state index in [4.69, 9.17) is 43.4 Å². The predicted octanol–water partition coefficient (Wildman–Crippen LogP) is 11.5. The highest BCUT2D eigenvalue weighted by atomic mass is 35.5. The maximum Gasteiger partial charge on any atom is 0.310 e. The molecule has 0 spiro atoms. The summed E-state index contributed by atoms with van der Waals surface area (Å²) in [4.78, 5) is 128. The molecular formula is C97H86ClF4N11O19. The van der Waals surface area contributed by atoms with Crippen LogP contribution in [0, 0.1) is 41.0 Å². The number of halogens is 5. The summed E-state index contributed by atoms with van der Waals surface area (Å²) in [6.07, 6.45) is 13.8. The molecule has 0 unspecified atom stereocenters. The zero-order valence-electron chi connectivity index (χ0n) is 70.5. The number of H-pyrrole nitrogens is 1. The molecule has 0 radical (unpaired) electrons. The Bertz CT molecular complexity index is 6350. The maximum absolute atomic E-state index is 13.2. The summed E-state index contributed by atoms with van der Waals surface area (Å²) >= 11 is 0. The van der Waals surface area contributed by atoms with E-state index in [1.807, 2.05) is 36.4 Å². The van der Waals surface area contributed by atoms with E-state index in [2.05, 4.69) is 56.9 Å². The van der Waals surface area contributed by atoms with Crippen LogP contribution in [-0.4, -0.2) is 131 Å². The van der Waals surface area contributed by atoms with Crippen molar-refractivity contribution in [2.75, 3.05) is 54.2 Å². The highest BCUT2D eigenvalue weighted by Gasteiger charge is 2.33. The molecule has 0 fully saturated rings. The molecule has 4 atom stereocenters. The van der Waals surface area contributed by atoms with E-state index in [1.54, 1.807) is 85.5 Å². The number of anilines is 4. The van der Waals surface area contributed by atoms with Crippen molar-refractivity contribution in [3.05, 3.63) is 286 Å². The van der Waals surface area contributed by atoms with Gasteiger partial charge >= 0.3 is 11.9 Å². The molecule has 0 saturated carbocycles. The normalized spacial score (nSPS) is 16.4. The number of rotatable bonds is 17. The first-order chi connectivity index (χ1) is 63.3. The fourth-order valence-electron chi connectivity index (χ4n) is 15.4. The van der Waals surface area contributed by atoms with Crippen LogP contribution in [0.1, 0.15) is 115 Å². The summed E-state index contributed by atoms with van der Waals surface area (Å²) in [6.45, 7) is 1.37. The number of hydrogen-bond acceptors (Lipinski definition) is 22. The van der Waals surface area contributed by atoms with Crippen molar-refractivity contribution in [2.24, 2.45) is 17.8 Å². The molecule has 11 N–H and O–H groups in total. The number of aromatic amines is 1. The number of ether oxygens (including phenoxy) is 7. The topological polar surface area (TPSA) is 435 Å². The zero-order chi connectivity index (χ0) is 91.8. The fraction of sp³-hybridized carbons (Fsp3) is 0.237. The average Bonchev–Trinajstić information content (AvgIpc) is 1.13. The number of hydrogen-bond donors (Lipinski definition) is 9. The SMILES string of the molecule is O=C(O)[C@H]1COc2ccc(O)cc2C1.O=C1CCc2c(F)ccnc2N1.O=C1CCc2c(Oc3ccc4c(c3)C[C@@H](C(=O)CCC(=O)c3ccc(F)cc3)CO4)ccnc2N1.O=C1CCc2c(Oc3ccc4c(c3)C[C@@H](C(=O)O)CO4)ccnc2N1.O=C1CCc2c(Oc3ccc4c(c3)C[C@@H](c3ncc(-c5ccc(F)cc5)[nH]3)CO4)ccnc2N1.[Cl-].[NH3+]CC(=O)c1ccc(F)cc1. The Labute approximate surface area is 757 Å². The summed E-state index contributed by atoms with van der Waals surface area (Å²) in [5.74, 6) is 4.72. The first-order valence-corrected chi connectivity index (χ1v) is 42.0. The molecule has 8 aliphatic rings. The highest BCUT2D eigenvalue weighted by molar-refractivity contribution is 5.99. The van der Waals surface area contributed by atoms with E-state index in [1.165, 1.54) is 79.0 Å². The van der Waals surface area contributed by atoms with Gasteiger partial charge in [0.05, 0.1) is 48.8 Å². The quantitative estimate of drug-likeness (QED) is 0.0302. The Hall–Kier alpha value is -15.5. The van der Waals surface area contributed by atoms with Gasteiger partial charge in [0.1, 0.15) is 141 Å². The first kappa shape index (κ1) is 92.7. The molecule has 7 aromatic carbocycles. The molecule has 13 heterocycles. The van der Waals surface area contributed by atoms with Crippen LogP contribution >= 0.6 is 0 Å². The lowest BCUT2D eigenvalue weighted by Crippen LogP contribution is -3.00. The minimum atomic E-state index is -0.865.